The molecule has 1 aromatic carbocycles. The number of ether oxygens (including phenoxy) is 1. The van der Waals surface area contributed by atoms with Crippen LogP contribution in [-0.2, 0) is 6.42 Å². The Morgan fingerprint density at radius 3 is 2.32 bits per heavy atom. The number of rotatable bonds is 7. The molecule has 1 aliphatic carbocycles. The molecule has 0 atom stereocenters. The Hall–Kier alpha value is -1.02. The summed E-state index contributed by atoms with van der Waals surface area (Å²) >= 11 is 0. The Bertz CT molecular complexity index is 398. The normalized spacial score (nSPS) is 15.0. The zero-order valence-electron chi connectivity index (χ0n) is 12.8. The van der Waals surface area contributed by atoms with Crippen LogP contribution in [-0.4, -0.2) is 32.1 Å². The smallest absolute Gasteiger partial charge is 0.125 e. The minimum absolute atomic E-state index is 0.818. The van der Waals surface area contributed by atoms with Gasteiger partial charge in [-0.3, -0.25) is 0 Å². The summed E-state index contributed by atoms with van der Waals surface area (Å²) in [4.78, 5) is 2.24. The molecule has 2 rings (SSSR count). The molecule has 1 fully saturated rings. The molecule has 1 aliphatic rings. The number of nitrogens with zero attached hydrogens (tertiary/aromatic N) is 1. The molecule has 0 bridgehead atoms. The lowest BCUT2D eigenvalue weighted by Gasteiger charge is -2.14. The van der Waals surface area contributed by atoms with E-state index >= 15 is 0 Å². The van der Waals surface area contributed by atoms with Gasteiger partial charge in [-0.1, -0.05) is 12.1 Å². The minimum Gasteiger partial charge on any atom is -0.493 e. The van der Waals surface area contributed by atoms with Crippen LogP contribution in [0, 0.1) is 19.8 Å². The second-order valence-electron chi connectivity index (χ2n) is 6.22. The van der Waals surface area contributed by atoms with Gasteiger partial charge in [-0.15, -0.1) is 0 Å². The maximum Gasteiger partial charge on any atom is 0.125 e. The van der Waals surface area contributed by atoms with Crippen LogP contribution in [0.3, 0.4) is 0 Å². The Labute approximate surface area is 117 Å². The Morgan fingerprint density at radius 2 is 1.79 bits per heavy atom. The molecule has 2 heteroatoms. The predicted molar refractivity (Wildman–Crippen MR) is 81.0 cm³/mol. The van der Waals surface area contributed by atoms with Gasteiger partial charge in [0, 0.05) is 0 Å². The van der Waals surface area contributed by atoms with E-state index in [9.17, 15) is 0 Å². The van der Waals surface area contributed by atoms with Gasteiger partial charge in [0.05, 0.1) is 6.61 Å². The first kappa shape index (κ1) is 14.4. The van der Waals surface area contributed by atoms with Crippen LogP contribution in [0.5, 0.6) is 5.75 Å². The van der Waals surface area contributed by atoms with Gasteiger partial charge in [-0.05, 0) is 82.8 Å². The number of hydrogen-bond acceptors (Lipinski definition) is 2. The lowest BCUT2D eigenvalue weighted by molar-refractivity contribution is 0.296. The summed E-state index contributed by atoms with van der Waals surface area (Å²) < 4.78 is 5.98. The van der Waals surface area contributed by atoms with Crippen LogP contribution < -0.4 is 4.74 Å². The molecule has 0 radical (unpaired) electrons. The molecule has 0 spiro atoms. The van der Waals surface area contributed by atoms with Crippen molar-refractivity contribution in [1.29, 1.82) is 0 Å². The highest BCUT2D eigenvalue weighted by Gasteiger charge is 2.22. The van der Waals surface area contributed by atoms with Crippen molar-refractivity contribution < 1.29 is 4.74 Å². The topological polar surface area (TPSA) is 12.5 Å². The van der Waals surface area contributed by atoms with Gasteiger partial charge in [0.25, 0.3) is 0 Å². The fourth-order valence-electron chi connectivity index (χ4n) is 2.50. The van der Waals surface area contributed by atoms with Gasteiger partial charge in [-0.2, -0.15) is 0 Å². The molecule has 1 aromatic rings. The second-order valence-corrected chi connectivity index (χ2v) is 6.22. The Morgan fingerprint density at radius 1 is 1.16 bits per heavy atom. The van der Waals surface area contributed by atoms with Gasteiger partial charge in [0.2, 0.25) is 0 Å². The molecule has 0 unspecified atom stereocenters. The van der Waals surface area contributed by atoms with E-state index in [1.54, 1.807) is 0 Å². The third kappa shape index (κ3) is 4.54. The number of aryl methyl sites for hydroxylation is 3. The van der Waals surface area contributed by atoms with E-state index < -0.39 is 0 Å². The lowest BCUT2D eigenvalue weighted by Crippen LogP contribution is -2.13. The number of benzene rings is 1. The average molecular weight is 261 g/mol. The van der Waals surface area contributed by atoms with Gasteiger partial charge < -0.3 is 9.64 Å². The average Bonchev–Trinajstić information content (AvgIpc) is 3.11. The van der Waals surface area contributed by atoms with Gasteiger partial charge >= 0.3 is 0 Å². The molecule has 0 amide bonds. The first-order valence-corrected chi connectivity index (χ1v) is 7.44. The Kier molecular flexibility index (Phi) is 4.87. The molecule has 0 heterocycles. The van der Waals surface area contributed by atoms with Crippen LogP contribution in [0.4, 0.5) is 0 Å². The van der Waals surface area contributed by atoms with Crippen molar-refractivity contribution >= 4 is 0 Å². The van der Waals surface area contributed by atoms with Crippen molar-refractivity contribution in [3.63, 3.8) is 0 Å². The maximum atomic E-state index is 5.98. The monoisotopic (exact) mass is 261 g/mol. The SMILES string of the molecule is Cc1cc(CCCN(C)C)cc(C)c1OCC1CC1. The highest BCUT2D eigenvalue weighted by Crippen LogP contribution is 2.32. The van der Waals surface area contributed by atoms with Crippen LogP contribution in [0.1, 0.15) is 36.0 Å². The largest absolute Gasteiger partial charge is 0.493 e. The summed E-state index contributed by atoms with van der Waals surface area (Å²) in [5, 5.41) is 0. The molecular formula is C17H27NO. The standard InChI is InChI=1S/C17H27NO/c1-13-10-16(6-5-9-18(3)4)11-14(2)17(13)19-12-15-7-8-15/h10-11,15H,5-9,12H2,1-4H3. The van der Waals surface area contributed by atoms with Crippen molar-refractivity contribution in [3.8, 4) is 5.75 Å². The van der Waals surface area contributed by atoms with Crippen molar-refractivity contribution in [3.05, 3.63) is 28.8 Å². The van der Waals surface area contributed by atoms with E-state index in [0.29, 0.717) is 0 Å². The molecule has 106 valence electrons. The van der Waals surface area contributed by atoms with E-state index in [4.69, 9.17) is 4.74 Å². The van der Waals surface area contributed by atoms with Crippen LogP contribution >= 0.6 is 0 Å². The molecule has 1 saturated carbocycles. The first-order chi connectivity index (χ1) is 9.06. The van der Waals surface area contributed by atoms with Gasteiger partial charge in [0.1, 0.15) is 5.75 Å². The van der Waals surface area contributed by atoms with Crippen molar-refractivity contribution in [2.24, 2.45) is 5.92 Å². The molecular weight excluding hydrogens is 234 g/mol. The van der Waals surface area contributed by atoms with Crippen LogP contribution in [0.25, 0.3) is 0 Å². The highest BCUT2D eigenvalue weighted by molar-refractivity contribution is 5.43. The molecule has 0 aliphatic heterocycles. The minimum atomic E-state index is 0.818. The second kappa shape index (κ2) is 6.42. The van der Waals surface area contributed by atoms with Crippen LogP contribution in [0.2, 0.25) is 0 Å². The quantitative estimate of drug-likeness (QED) is 0.744. The summed E-state index contributed by atoms with van der Waals surface area (Å²) in [5.41, 5.74) is 4.02. The fourth-order valence-corrected chi connectivity index (χ4v) is 2.50. The summed E-state index contributed by atoms with van der Waals surface area (Å²) in [7, 11) is 4.26. The summed E-state index contributed by atoms with van der Waals surface area (Å²) in [6.45, 7) is 6.40. The van der Waals surface area contributed by atoms with Crippen molar-refractivity contribution in [2.75, 3.05) is 27.2 Å². The number of hydrogen-bond donors (Lipinski definition) is 0. The van der Waals surface area contributed by atoms with E-state index in [1.807, 2.05) is 0 Å². The molecule has 0 aromatic heterocycles. The first-order valence-electron chi connectivity index (χ1n) is 7.44. The van der Waals surface area contributed by atoms with Crippen LogP contribution in [0.15, 0.2) is 12.1 Å². The van der Waals surface area contributed by atoms with Gasteiger partial charge in [-0.25, -0.2) is 0 Å². The molecule has 0 saturated heterocycles. The summed E-state index contributed by atoms with van der Waals surface area (Å²) in [5.74, 6) is 1.93. The molecule has 19 heavy (non-hydrogen) atoms. The van der Waals surface area contributed by atoms with Gasteiger partial charge in [0.15, 0.2) is 0 Å². The maximum absolute atomic E-state index is 5.98. The summed E-state index contributed by atoms with van der Waals surface area (Å²) in [6.07, 6.45) is 5.07. The lowest BCUT2D eigenvalue weighted by atomic mass is 10.0. The van der Waals surface area contributed by atoms with E-state index in [2.05, 4.69) is 45.0 Å². The van der Waals surface area contributed by atoms with Crippen molar-refractivity contribution in [2.45, 2.75) is 39.5 Å². The zero-order valence-corrected chi connectivity index (χ0v) is 12.8. The summed E-state index contributed by atoms with van der Waals surface area (Å²) in [6, 6.07) is 4.59. The van der Waals surface area contributed by atoms with E-state index in [-0.39, 0.29) is 0 Å². The third-order valence-electron chi connectivity index (χ3n) is 3.75. The predicted octanol–water partition coefficient (Wildman–Crippen LogP) is 3.59. The Balaban J connectivity index is 1.94. The van der Waals surface area contributed by atoms with E-state index in [1.165, 1.54) is 36.0 Å². The zero-order chi connectivity index (χ0) is 13.8. The van der Waals surface area contributed by atoms with Crippen molar-refractivity contribution in [1.82, 2.24) is 4.90 Å². The third-order valence-corrected chi connectivity index (χ3v) is 3.75. The fraction of sp³-hybridized carbons (Fsp3) is 0.647. The molecule has 2 nitrogen and oxygen atoms in total. The van der Waals surface area contributed by atoms with E-state index in [0.717, 1.165) is 31.2 Å². The highest BCUT2D eigenvalue weighted by atomic mass is 16.5. The molecule has 0 N–H and O–H groups in total.